The minimum absolute atomic E-state index is 0.556. The molecule has 2 aromatic rings. The van der Waals surface area contributed by atoms with Crippen LogP contribution in [0.2, 0.25) is 0 Å². The average Bonchev–Trinajstić information content (AvgIpc) is 2.77. The third-order valence-corrected chi connectivity index (χ3v) is 5.26. The lowest BCUT2D eigenvalue weighted by molar-refractivity contribution is -0.154. The normalized spacial score (nSPS) is 19.7. The zero-order chi connectivity index (χ0) is 20.4. The number of hydrogen-bond donors (Lipinski definition) is 0. The Kier molecular flexibility index (Phi) is 5.49. The van der Waals surface area contributed by atoms with Gasteiger partial charge < -0.3 is 18.9 Å². The molecule has 0 saturated heterocycles. The molecule has 0 bridgehead atoms. The Hall–Kier alpha value is -2.92. The van der Waals surface area contributed by atoms with E-state index in [4.69, 9.17) is 23.7 Å². The van der Waals surface area contributed by atoms with Gasteiger partial charge >= 0.3 is 0 Å². The molecule has 2 aliphatic heterocycles. The molecular weight excluding hydrogens is 368 g/mol. The highest BCUT2D eigenvalue weighted by Gasteiger charge is 2.32. The molecule has 0 fully saturated rings. The first-order valence-electron chi connectivity index (χ1n) is 9.92. The zero-order valence-electron chi connectivity index (χ0n) is 17.2. The summed E-state index contributed by atoms with van der Waals surface area (Å²) in [5.74, 6) is 2.75. The quantitative estimate of drug-likeness (QED) is 0.652. The molecule has 0 radical (unpaired) electrons. The summed E-state index contributed by atoms with van der Waals surface area (Å²) in [4.78, 5) is 0. The Labute approximate surface area is 171 Å². The summed E-state index contributed by atoms with van der Waals surface area (Å²) < 4.78 is 29.8. The van der Waals surface area contributed by atoms with Gasteiger partial charge in [-0.15, -0.1) is 0 Å². The van der Waals surface area contributed by atoms with Crippen LogP contribution in [0.1, 0.15) is 37.8 Å². The molecule has 29 heavy (non-hydrogen) atoms. The van der Waals surface area contributed by atoms with Crippen molar-refractivity contribution in [3.8, 4) is 23.0 Å². The first kappa shape index (κ1) is 19.4. The summed E-state index contributed by atoms with van der Waals surface area (Å²) in [6, 6.07) is 11.7. The second kappa shape index (κ2) is 8.21. The fourth-order valence-corrected chi connectivity index (χ4v) is 3.65. The number of para-hydroxylation sites is 2. The number of hydrogen-bond acceptors (Lipinski definition) is 5. The average molecular weight is 394 g/mol. The van der Waals surface area contributed by atoms with Crippen molar-refractivity contribution in [1.82, 2.24) is 0 Å². The predicted octanol–water partition coefficient (Wildman–Crippen LogP) is 5.44. The monoisotopic (exact) mass is 394 g/mol. The van der Waals surface area contributed by atoms with Crippen LogP contribution in [0.15, 0.2) is 47.5 Å². The molecule has 5 nitrogen and oxygen atoms in total. The van der Waals surface area contributed by atoms with Crippen LogP contribution < -0.4 is 18.9 Å². The van der Waals surface area contributed by atoms with Gasteiger partial charge in [0.05, 0.1) is 14.2 Å². The standard InChI is InChI=1S/C24H26O5/c1-5-15-13-17-9-7-11-19(25-3)21(17)27-23(15)29-24-16(6-2)14-18-10-8-12-20(26-4)22(18)28-24/h7-14,23-24H,5-6H2,1-4H3. The summed E-state index contributed by atoms with van der Waals surface area (Å²) in [5.41, 5.74) is 4.08. The highest BCUT2D eigenvalue weighted by atomic mass is 16.8. The fourth-order valence-electron chi connectivity index (χ4n) is 3.65. The van der Waals surface area contributed by atoms with Gasteiger partial charge in [-0.05, 0) is 48.3 Å². The van der Waals surface area contributed by atoms with Crippen molar-refractivity contribution in [2.24, 2.45) is 0 Å². The number of methoxy groups -OCH3 is 2. The van der Waals surface area contributed by atoms with Gasteiger partial charge in [0.25, 0.3) is 0 Å². The maximum absolute atomic E-state index is 6.36. The molecule has 5 heteroatoms. The van der Waals surface area contributed by atoms with Gasteiger partial charge in [0.1, 0.15) is 0 Å². The first-order valence-corrected chi connectivity index (χ1v) is 9.92. The largest absolute Gasteiger partial charge is 0.493 e. The smallest absolute Gasteiger partial charge is 0.226 e. The van der Waals surface area contributed by atoms with Crippen molar-refractivity contribution in [1.29, 1.82) is 0 Å². The lowest BCUT2D eigenvalue weighted by Crippen LogP contribution is -2.36. The second-order valence-electron chi connectivity index (χ2n) is 6.94. The van der Waals surface area contributed by atoms with Crippen molar-refractivity contribution in [2.45, 2.75) is 39.3 Å². The molecule has 0 amide bonds. The van der Waals surface area contributed by atoms with Crippen LogP contribution >= 0.6 is 0 Å². The van der Waals surface area contributed by atoms with Crippen molar-refractivity contribution < 1.29 is 23.7 Å². The molecular formula is C24H26O5. The van der Waals surface area contributed by atoms with E-state index in [0.29, 0.717) is 23.0 Å². The van der Waals surface area contributed by atoms with Crippen molar-refractivity contribution in [3.05, 3.63) is 58.7 Å². The minimum Gasteiger partial charge on any atom is -0.493 e. The van der Waals surface area contributed by atoms with E-state index in [1.54, 1.807) is 14.2 Å². The Balaban J connectivity index is 1.65. The SMILES string of the molecule is CCC1=Cc2cccc(OC)c2OC1OC1Oc2c(cccc2OC)C=C1CC. The number of rotatable bonds is 6. The number of benzene rings is 2. The highest BCUT2D eigenvalue weighted by molar-refractivity contribution is 5.68. The Bertz CT molecular complexity index is 882. The molecule has 0 aromatic heterocycles. The minimum atomic E-state index is -0.556. The number of fused-ring (bicyclic) bond motifs is 2. The maximum atomic E-state index is 6.36. The predicted molar refractivity (Wildman–Crippen MR) is 112 cm³/mol. The van der Waals surface area contributed by atoms with E-state index in [-0.39, 0.29) is 0 Å². The molecule has 4 rings (SSSR count). The lowest BCUT2D eigenvalue weighted by atomic mass is 10.0. The summed E-state index contributed by atoms with van der Waals surface area (Å²) in [6.07, 6.45) is 4.72. The molecule has 0 saturated carbocycles. The van der Waals surface area contributed by atoms with Crippen molar-refractivity contribution in [2.75, 3.05) is 14.2 Å². The molecule has 2 aliphatic rings. The number of ether oxygens (including phenoxy) is 5. The molecule has 2 unspecified atom stereocenters. The van der Waals surface area contributed by atoms with Gasteiger partial charge in [-0.2, -0.15) is 0 Å². The zero-order valence-corrected chi connectivity index (χ0v) is 17.2. The van der Waals surface area contributed by atoms with Gasteiger partial charge in [0, 0.05) is 11.1 Å². The first-order chi connectivity index (χ1) is 14.2. The molecule has 0 aliphatic carbocycles. The van der Waals surface area contributed by atoms with E-state index >= 15 is 0 Å². The lowest BCUT2D eigenvalue weighted by Gasteiger charge is -2.33. The highest BCUT2D eigenvalue weighted by Crippen LogP contribution is 2.42. The molecule has 2 atom stereocenters. The molecule has 0 N–H and O–H groups in total. The van der Waals surface area contributed by atoms with Crippen LogP contribution in [0.4, 0.5) is 0 Å². The Morgan fingerprint density at radius 1 is 0.724 bits per heavy atom. The Morgan fingerprint density at radius 3 is 1.55 bits per heavy atom. The summed E-state index contributed by atoms with van der Waals surface area (Å²) >= 11 is 0. The van der Waals surface area contributed by atoms with E-state index in [1.807, 2.05) is 36.4 Å². The van der Waals surface area contributed by atoms with Crippen LogP contribution in [0.25, 0.3) is 12.2 Å². The molecule has 0 spiro atoms. The van der Waals surface area contributed by atoms with Crippen molar-refractivity contribution in [3.63, 3.8) is 0 Å². The van der Waals surface area contributed by atoms with Gasteiger partial charge in [0.2, 0.25) is 12.6 Å². The van der Waals surface area contributed by atoms with Gasteiger partial charge in [-0.25, -0.2) is 0 Å². The van der Waals surface area contributed by atoms with E-state index in [1.165, 1.54) is 0 Å². The van der Waals surface area contributed by atoms with Gasteiger partial charge in [0.15, 0.2) is 23.0 Å². The molecule has 2 heterocycles. The third kappa shape index (κ3) is 3.58. The van der Waals surface area contributed by atoms with Crippen LogP contribution in [0.3, 0.4) is 0 Å². The van der Waals surface area contributed by atoms with Crippen molar-refractivity contribution >= 4 is 12.2 Å². The van der Waals surface area contributed by atoms with E-state index in [9.17, 15) is 0 Å². The Morgan fingerprint density at radius 2 is 1.17 bits per heavy atom. The van der Waals surface area contributed by atoms with E-state index in [0.717, 1.165) is 35.1 Å². The molecule has 152 valence electrons. The van der Waals surface area contributed by atoms with E-state index in [2.05, 4.69) is 26.0 Å². The molecule has 2 aromatic carbocycles. The third-order valence-electron chi connectivity index (χ3n) is 5.26. The summed E-state index contributed by atoms with van der Waals surface area (Å²) in [5, 5.41) is 0. The summed E-state index contributed by atoms with van der Waals surface area (Å²) in [7, 11) is 3.28. The van der Waals surface area contributed by atoms with Gasteiger partial charge in [-0.3, -0.25) is 4.74 Å². The van der Waals surface area contributed by atoms with E-state index < -0.39 is 12.6 Å². The van der Waals surface area contributed by atoms with Crippen LogP contribution in [0, 0.1) is 0 Å². The topological polar surface area (TPSA) is 46.2 Å². The fraction of sp³-hybridized carbons (Fsp3) is 0.333. The maximum Gasteiger partial charge on any atom is 0.226 e. The van der Waals surface area contributed by atoms with Crippen LogP contribution in [-0.2, 0) is 4.74 Å². The summed E-state index contributed by atoms with van der Waals surface area (Å²) in [6.45, 7) is 4.18. The van der Waals surface area contributed by atoms with Crippen LogP contribution in [0.5, 0.6) is 23.0 Å². The van der Waals surface area contributed by atoms with Crippen LogP contribution in [-0.4, -0.2) is 26.8 Å². The second-order valence-corrected chi connectivity index (χ2v) is 6.94. The van der Waals surface area contributed by atoms with Gasteiger partial charge in [-0.1, -0.05) is 38.1 Å².